The van der Waals surface area contributed by atoms with E-state index >= 15 is 0 Å². The van der Waals surface area contributed by atoms with E-state index in [1.165, 1.54) is 12.4 Å². The summed E-state index contributed by atoms with van der Waals surface area (Å²) in [5.41, 5.74) is 4.97. The van der Waals surface area contributed by atoms with Gasteiger partial charge in [-0.15, -0.1) is 0 Å². The molecule has 0 saturated carbocycles. The quantitative estimate of drug-likeness (QED) is 0.522. The molecule has 1 heterocycles. The van der Waals surface area contributed by atoms with Gasteiger partial charge in [0.15, 0.2) is 5.82 Å². The van der Waals surface area contributed by atoms with Crippen LogP contribution >= 0.6 is 0 Å². The van der Waals surface area contributed by atoms with E-state index in [2.05, 4.69) is 9.97 Å². The molecule has 1 aromatic rings. The van der Waals surface area contributed by atoms with Crippen LogP contribution in [0.2, 0.25) is 0 Å². The molecule has 2 N–H and O–H groups in total. The van der Waals surface area contributed by atoms with Crippen LogP contribution < -0.4 is 5.73 Å². The highest BCUT2D eigenvalue weighted by Crippen LogP contribution is 1.96. The summed E-state index contributed by atoms with van der Waals surface area (Å²) in [4.78, 5) is 6.64. The second-order valence-electron chi connectivity index (χ2n) is 1.23. The Kier molecular flexibility index (Phi) is 1.07. The molecule has 0 saturated heterocycles. The molecule has 42 valence electrons. The molecule has 0 spiro atoms. The standard InChI is InChI=1S/C4H4FN3/c5-3-4(6)8-2-1-7-3/h1-2H,(H2,6,8). The van der Waals surface area contributed by atoms with E-state index in [1.54, 1.807) is 0 Å². The summed E-state index contributed by atoms with van der Waals surface area (Å²) < 4.78 is 12.0. The van der Waals surface area contributed by atoms with Crippen LogP contribution in [0.1, 0.15) is 0 Å². The van der Waals surface area contributed by atoms with Gasteiger partial charge in [-0.25, -0.2) is 9.97 Å². The van der Waals surface area contributed by atoms with Crippen LogP contribution in [-0.4, -0.2) is 9.97 Å². The second kappa shape index (κ2) is 1.73. The van der Waals surface area contributed by atoms with Gasteiger partial charge in [0.05, 0.1) is 0 Å². The molecule has 1 aromatic heterocycles. The second-order valence-corrected chi connectivity index (χ2v) is 1.23. The van der Waals surface area contributed by atoms with E-state index in [4.69, 9.17) is 5.73 Å². The van der Waals surface area contributed by atoms with Crippen LogP contribution in [0.4, 0.5) is 10.2 Å². The van der Waals surface area contributed by atoms with Crippen LogP contribution in [0, 0.1) is 5.95 Å². The third-order valence-electron chi connectivity index (χ3n) is 0.680. The third-order valence-corrected chi connectivity index (χ3v) is 0.680. The molecule has 1 rings (SSSR count). The van der Waals surface area contributed by atoms with Crippen molar-refractivity contribution in [2.75, 3.05) is 5.73 Å². The van der Waals surface area contributed by atoms with Crippen molar-refractivity contribution in [2.24, 2.45) is 0 Å². The van der Waals surface area contributed by atoms with Gasteiger partial charge in [-0.1, -0.05) is 0 Å². The fourth-order valence-electron chi connectivity index (χ4n) is 0.332. The predicted octanol–water partition coefficient (Wildman–Crippen LogP) is 0.198. The first-order valence-electron chi connectivity index (χ1n) is 2.02. The Bertz CT molecular complexity index is 167. The zero-order chi connectivity index (χ0) is 5.98. The molecular formula is C4H4FN3. The number of aromatic nitrogens is 2. The van der Waals surface area contributed by atoms with E-state index in [1.807, 2.05) is 0 Å². The topological polar surface area (TPSA) is 51.8 Å². The van der Waals surface area contributed by atoms with Gasteiger partial charge in [-0.3, -0.25) is 0 Å². The lowest BCUT2D eigenvalue weighted by molar-refractivity contribution is 0.583. The van der Waals surface area contributed by atoms with Crippen LogP contribution in [0.5, 0.6) is 0 Å². The maximum atomic E-state index is 12.0. The lowest BCUT2D eigenvalue weighted by Gasteiger charge is -1.87. The van der Waals surface area contributed by atoms with Crippen molar-refractivity contribution in [3.8, 4) is 0 Å². The Hall–Kier alpha value is -1.19. The SMILES string of the molecule is Nc1nccnc1F. The molecule has 0 bridgehead atoms. The lowest BCUT2D eigenvalue weighted by Crippen LogP contribution is -1.95. The molecule has 0 aliphatic carbocycles. The summed E-state index contributed by atoms with van der Waals surface area (Å²) in [5.74, 6) is -0.875. The van der Waals surface area contributed by atoms with Crippen molar-refractivity contribution in [3.05, 3.63) is 18.3 Å². The molecule has 4 heteroatoms. The average molecular weight is 113 g/mol. The molecule has 0 aliphatic rings. The van der Waals surface area contributed by atoms with Gasteiger partial charge in [0.1, 0.15) is 0 Å². The van der Waals surface area contributed by atoms with E-state index in [9.17, 15) is 4.39 Å². The van der Waals surface area contributed by atoms with Crippen LogP contribution in [0.15, 0.2) is 12.4 Å². The van der Waals surface area contributed by atoms with Crippen molar-refractivity contribution in [1.29, 1.82) is 0 Å². The summed E-state index contributed by atoms with van der Waals surface area (Å²) in [7, 11) is 0. The number of nitrogens with zero attached hydrogens (tertiary/aromatic N) is 2. The van der Waals surface area contributed by atoms with Crippen molar-refractivity contribution in [1.82, 2.24) is 9.97 Å². The Balaban J connectivity index is 3.13. The van der Waals surface area contributed by atoms with E-state index in [0.717, 1.165) is 0 Å². The largest absolute Gasteiger partial charge is 0.380 e. The zero-order valence-corrected chi connectivity index (χ0v) is 4.00. The smallest absolute Gasteiger partial charge is 0.255 e. The number of nitrogens with two attached hydrogens (primary N) is 1. The first kappa shape index (κ1) is 4.96. The molecule has 0 fully saturated rings. The minimum Gasteiger partial charge on any atom is -0.380 e. The fourth-order valence-corrected chi connectivity index (χ4v) is 0.332. The highest BCUT2D eigenvalue weighted by molar-refractivity contribution is 5.22. The van der Waals surface area contributed by atoms with E-state index in [0.29, 0.717) is 0 Å². The number of halogens is 1. The van der Waals surface area contributed by atoms with Gasteiger partial charge in [0, 0.05) is 12.4 Å². The van der Waals surface area contributed by atoms with Gasteiger partial charge in [-0.2, -0.15) is 4.39 Å². The molecule has 0 radical (unpaired) electrons. The molecule has 3 nitrogen and oxygen atoms in total. The zero-order valence-electron chi connectivity index (χ0n) is 4.00. The minimum absolute atomic E-state index is 0.160. The van der Waals surface area contributed by atoms with Gasteiger partial charge in [0.2, 0.25) is 0 Å². The molecule has 0 aromatic carbocycles. The fraction of sp³-hybridized carbons (Fsp3) is 0. The molecule has 0 aliphatic heterocycles. The van der Waals surface area contributed by atoms with Gasteiger partial charge < -0.3 is 5.73 Å². The highest BCUT2D eigenvalue weighted by Gasteiger charge is 1.93. The van der Waals surface area contributed by atoms with Crippen LogP contribution in [0.25, 0.3) is 0 Å². The predicted molar refractivity (Wildman–Crippen MR) is 26.4 cm³/mol. The number of nitrogen functional groups attached to an aromatic ring is 1. The monoisotopic (exact) mass is 113 g/mol. The number of hydrogen-bond acceptors (Lipinski definition) is 3. The summed E-state index contributed by atoms with van der Waals surface area (Å²) in [6.07, 6.45) is 2.57. The maximum Gasteiger partial charge on any atom is 0.255 e. The number of hydrogen-bond donors (Lipinski definition) is 1. The van der Waals surface area contributed by atoms with Crippen LogP contribution in [-0.2, 0) is 0 Å². The van der Waals surface area contributed by atoms with E-state index < -0.39 is 5.95 Å². The first-order chi connectivity index (χ1) is 3.80. The molecule has 0 atom stereocenters. The normalized spacial score (nSPS) is 9.12. The van der Waals surface area contributed by atoms with Gasteiger partial charge >= 0.3 is 0 Å². The Morgan fingerprint density at radius 3 is 2.38 bits per heavy atom. The third kappa shape index (κ3) is 0.726. The Morgan fingerprint density at radius 2 is 2.00 bits per heavy atom. The molecular weight excluding hydrogens is 109 g/mol. The summed E-state index contributed by atoms with van der Waals surface area (Å²) in [6, 6.07) is 0. The van der Waals surface area contributed by atoms with Crippen molar-refractivity contribution >= 4 is 5.82 Å². The number of rotatable bonds is 0. The Labute approximate surface area is 45.4 Å². The van der Waals surface area contributed by atoms with Crippen LogP contribution in [0.3, 0.4) is 0 Å². The van der Waals surface area contributed by atoms with Gasteiger partial charge in [0.25, 0.3) is 5.95 Å². The van der Waals surface area contributed by atoms with Gasteiger partial charge in [-0.05, 0) is 0 Å². The molecule has 8 heavy (non-hydrogen) atoms. The molecule has 0 amide bonds. The lowest BCUT2D eigenvalue weighted by atomic mass is 10.7. The van der Waals surface area contributed by atoms with Crippen molar-refractivity contribution in [2.45, 2.75) is 0 Å². The van der Waals surface area contributed by atoms with Crippen molar-refractivity contribution < 1.29 is 4.39 Å². The Morgan fingerprint density at radius 1 is 1.38 bits per heavy atom. The first-order valence-corrected chi connectivity index (χ1v) is 2.02. The molecule has 0 unspecified atom stereocenters. The minimum atomic E-state index is -0.715. The summed E-state index contributed by atoms with van der Waals surface area (Å²) >= 11 is 0. The average Bonchev–Trinajstić information content (AvgIpc) is 1.77. The summed E-state index contributed by atoms with van der Waals surface area (Å²) in [5, 5.41) is 0. The maximum absolute atomic E-state index is 12.0. The van der Waals surface area contributed by atoms with E-state index in [-0.39, 0.29) is 5.82 Å². The highest BCUT2D eigenvalue weighted by atomic mass is 19.1. The summed E-state index contributed by atoms with van der Waals surface area (Å²) in [6.45, 7) is 0. The van der Waals surface area contributed by atoms with Crippen molar-refractivity contribution in [3.63, 3.8) is 0 Å². The number of anilines is 1.